The summed E-state index contributed by atoms with van der Waals surface area (Å²) in [5.74, 6) is 0.447. The third-order valence-corrected chi connectivity index (χ3v) is 5.18. The summed E-state index contributed by atoms with van der Waals surface area (Å²) in [6.45, 7) is 14.1. The Hall–Kier alpha value is -2.86. The molecule has 0 spiro atoms. The molecule has 6 nitrogen and oxygen atoms in total. The Kier molecular flexibility index (Phi) is 10.8. The quantitative estimate of drug-likeness (QED) is 0.414. The minimum absolute atomic E-state index is 0.146. The van der Waals surface area contributed by atoms with Crippen LogP contribution in [0.2, 0.25) is 0 Å². The first-order valence-electron chi connectivity index (χ1n) is 12.5. The van der Waals surface area contributed by atoms with Gasteiger partial charge < -0.3 is 20.1 Å². The lowest BCUT2D eigenvalue weighted by Gasteiger charge is -2.27. The normalized spacial score (nSPS) is 13.4. The fourth-order valence-electron chi connectivity index (χ4n) is 3.66. The molecule has 0 saturated carbocycles. The Bertz CT molecular complexity index is 908. The third-order valence-electron chi connectivity index (χ3n) is 5.18. The molecular formula is C29H42N2O4. The van der Waals surface area contributed by atoms with Gasteiger partial charge in [-0.1, -0.05) is 70.2 Å². The molecule has 0 aromatic heterocycles. The maximum atomic E-state index is 13.2. The zero-order valence-electron chi connectivity index (χ0n) is 22.3. The van der Waals surface area contributed by atoms with Crippen molar-refractivity contribution < 1.29 is 19.1 Å². The van der Waals surface area contributed by atoms with Crippen LogP contribution >= 0.6 is 0 Å². The molecule has 0 aliphatic carbocycles. The zero-order valence-corrected chi connectivity index (χ0v) is 22.3. The number of esters is 1. The van der Waals surface area contributed by atoms with Crippen molar-refractivity contribution in [2.45, 2.75) is 91.6 Å². The molecule has 2 N–H and O–H groups in total. The van der Waals surface area contributed by atoms with Crippen molar-refractivity contribution >= 4 is 11.9 Å². The van der Waals surface area contributed by atoms with Crippen LogP contribution in [-0.2, 0) is 27.4 Å². The van der Waals surface area contributed by atoms with Crippen LogP contribution in [0.1, 0.15) is 66.0 Å². The van der Waals surface area contributed by atoms with E-state index in [4.69, 9.17) is 9.47 Å². The molecule has 0 radical (unpaired) electrons. The minimum Gasteiger partial charge on any atom is -0.489 e. The summed E-state index contributed by atoms with van der Waals surface area (Å²) < 4.78 is 11.5. The van der Waals surface area contributed by atoms with Gasteiger partial charge >= 0.3 is 5.97 Å². The van der Waals surface area contributed by atoms with Gasteiger partial charge in [-0.15, -0.1) is 0 Å². The van der Waals surface area contributed by atoms with Gasteiger partial charge in [0.25, 0.3) is 0 Å². The predicted octanol–water partition coefficient (Wildman–Crippen LogP) is 5.05. The topological polar surface area (TPSA) is 76.7 Å². The highest BCUT2D eigenvalue weighted by molar-refractivity contribution is 5.88. The van der Waals surface area contributed by atoms with E-state index in [1.54, 1.807) is 0 Å². The monoisotopic (exact) mass is 482 g/mol. The summed E-state index contributed by atoms with van der Waals surface area (Å²) in [5, 5.41) is 6.27. The van der Waals surface area contributed by atoms with E-state index in [1.165, 1.54) is 0 Å². The SMILES string of the molecule is CC(C)C[C@H](NC(C)C)C(=O)N[C@H](Cc1ccc(OCc2ccccc2)cc1)C(=O)OC(C)(C)C. The fourth-order valence-corrected chi connectivity index (χ4v) is 3.66. The van der Waals surface area contributed by atoms with Gasteiger partial charge in [0.2, 0.25) is 5.91 Å². The fraction of sp³-hybridized carbons (Fsp3) is 0.517. The molecule has 1 amide bonds. The number of carbonyl (C=O) groups excluding carboxylic acids is 2. The number of ether oxygens (including phenoxy) is 2. The molecule has 2 atom stereocenters. The second-order valence-electron chi connectivity index (χ2n) is 10.7. The van der Waals surface area contributed by atoms with Gasteiger partial charge in [-0.25, -0.2) is 4.79 Å². The van der Waals surface area contributed by atoms with E-state index in [0.29, 0.717) is 25.4 Å². The second-order valence-corrected chi connectivity index (χ2v) is 10.7. The van der Waals surface area contributed by atoms with Crippen LogP contribution in [-0.4, -0.2) is 35.6 Å². The molecule has 0 fully saturated rings. The van der Waals surface area contributed by atoms with Crippen LogP contribution in [0.15, 0.2) is 54.6 Å². The Labute approximate surface area is 210 Å². The van der Waals surface area contributed by atoms with Gasteiger partial charge in [-0.3, -0.25) is 4.79 Å². The third kappa shape index (κ3) is 11.0. The highest BCUT2D eigenvalue weighted by atomic mass is 16.6. The molecule has 0 bridgehead atoms. The molecule has 2 aromatic rings. The van der Waals surface area contributed by atoms with Crippen LogP contribution < -0.4 is 15.4 Å². The molecule has 2 rings (SSSR count). The van der Waals surface area contributed by atoms with E-state index in [2.05, 4.69) is 24.5 Å². The van der Waals surface area contributed by atoms with Gasteiger partial charge in [0.1, 0.15) is 24.0 Å². The molecule has 35 heavy (non-hydrogen) atoms. The summed E-state index contributed by atoms with van der Waals surface area (Å²) in [6.07, 6.45) is 1.01. The molecule has 6 heteroatoms. The highest BCUT2D eigenvalue weighted by Crippen LogP contribution is 2.17. The molecule has 192 valence electrons. The molecule has 0 aliphatic rings. The summed E-state index contributed by atoms with van der Waals surface area (Å²) in [6, 6.07) is 16.5. The van der Waals surface area contributed by atoms with E-state index in [9.17, 15) is 9.59 Å². The first-order chi connectivity index (χ1) is 16.4. The lowest BCUT2D eigenvalue weighted by Crippen LogP contribution is -2.53. The predicted molar refractivity (Wildman–Crippen MR) is 140 cm³/mol. The first-order valence-corrected chi connectivity index (χ1v) is 12.5. The van der Waals surface area contributed by atoms with E-state index in [0.717, 1.165) is 16.9 Å². The molecule has 0 unspecified atom stereocenters. The van der Waals surface area contributed by atoms with Crippen molar-refractivity contribution in [1.82, 2.24) is 10.6 Å². The van der Waals surface area contributed by atoms with Crippen molar-refractivity contribution in [2.24, 2.45) is 5.92 Å². The van der Waals surface area contributed by atoms with Crippen LogP contribution in [0.3, 0.4) is 0 Å². The molecule has 0 aliphatic heterocycles. The number of nitrogens with one attached hydrogen (secondary N) is 2. The lowest BCUT2D eigenvalue weighted by molar-refractivity contribution is -0.158. The van der Waals surface area contributed by atoms with E-state index >= 15 is 0 Å². The average molecular weight is 483 g/mol. The van der Waals surface area contributed by atoms with Crippen molar-refractivity contribution in [3.63, 3.8) is 0 Å². The smallest absolute Gasteiger partial charge is 0.329 e. The van der Waals surface area contributed by atoms with Crippen molar-refractivity contribution in [3.8, 4) is 5.75 Å². The summed E-state index contributed by atoms with van der Waals surface area (Å²) >= 11 is 0. The summed E-state index contributed by atoms with van der Waals surface area (Å²) in [7, 11) is 0. The lowest BCUT2D eigenvalue weighted by atomic mass is 10.0. The number of rotatable bonds is 12. The van der Waals surface area contributed by atoms with Gasteiger partial charge in [0.15, 0.2) is 0 Å². The Morgan fingerprint density at radius 2 is 1.49 bits per heavy atom. The van der Waals surface area contributed by atoms with Crippen molar-refractivity contribution in [2.75, 3.05) is 0 Å². The van der Waals surface area contributed by atoms with Crippen LogP contribution in [0, 0.1) is 5.92 Å². The zero-order chi connectivity index (χ0) is 26.0. The van der Waals surface area contributed by atoms with Crippen molar-refractivity contribution in [1.29, 1.82) is 0 Å². The summed E-state index contributed by atoms with van der Waals surface area (Å²) in [5.41, 5.74) is 1.35. The standard InChI is InChI=1S/C29H42N2O4/c1-20(2)17-25(30-21(3)4)27(32)31-26(28(33)35-29(5,6)7)18-22-13-15-24(16-14-22)34-19-23-11-9-8-10-12-23/h8-16,20-21,25-26,30H,17-19H2,1-7H3,(H,31,32)/t25-,26+/m0/s1. The Morgan fingerprint density at radius 3 is 2.03 bits per heavy atom. The maximum Gasteiger partial charge on any atom is 0.329 e. The minimum atomic E-state index is -0.790. The van der Waals surface area contributed by atoms with E-state index in [-0.39, 0.29) is 18.0 Å². The average Bonchev–Trinajstić information content (AvgIpc) is 2.76. The van der Waals surface area contributed by atoms with Gasteiger partial charge in [0.05, 0.1) is 6.04 Å². The van der Waals surface area contributed by atoms with Gasteiger partial charge in [0, 0.05) is 12.5 Å². The summed E-state index contributed by atoms with van der Waals surface area (Å²) in [4.78, 5) is 26.2. The Morgan fingerprint density at radius 1 is 0.857 bits per heavy atom. The number of benzene rings is 2. The number of hydrogen-bond donors (Lipinski definition) is 2. The van der Waals surface area contributed by atoms with E-state index in [1.807, 2.05) is 89.2 Å². The molecule has 0 heterocycles. The molecule has 2 aromatic carbocycles. The largest absolute Gasteiger partial charge is 0.489 e. The highest BCUT2D eigenvalue weighted by Gasteiger charge is 2.30. The van der Waals surface area contributed by atoms with Crippen LogP contribution in [0.4, 0.5) is 0 Å². The molecular weight excluding hydrogens is 440 g/mol. The van der Waals surface area contributed by atoms with E-state index < -0.39 is 17.6 Å². The number of hydrogen-bond acceptors (Lipinski definition) is 5. The number of carbonyl (C=O) groups is 2. The molecule has 0 saturated heterocycles. The Balaban J connectivity index is 2.11. The maximum absolute atomic E-state index is 13.2. The van der Waals surface area contributed by atoms with Crippen LogP contribution in [0.25, 0.3) is 0 Å². The second kappa shape index (κ2) is 13.3. The van der Waals surface area contributed by atoms with Gasteiger partial charge in [-0.2, -0.15) is 0 Å². The first kappa shape index (κ1) is 28.4. The van der Waals surface area contributed by atoms with Crippen LogP contribution in [0.5, 0.6) is 5.75 Å². The van der Waals surface area contributed by atoms with Gasteiger partial charge in [-0.05, 0) is 56.4 Å². The number of amides is 1. The van der Waals surface area contributed by atoms with Crippen molar-refractivity contribution in [3.05, 3.63) is 65.7 Å².